The molecule has 0 bridgehead atoms. The van der Waals surface area contributed by atoms with Gasteiger partial charge in [0.1, 0.15) is 0 Å². The predicted molar refractivity (Wildman–Crippen MR) is 75.9 cm³/mol. The summed E-state index contributed by atoms with van der Waals surface area (Å²) in [6, 6.07) is 1.48. The van der Waals surface area contributed by atoms with Crippen molar-refractivity contribution in [3.05, 3.63) is 0 Å². The van der Waals surface area contributed by atoms with Crippen molar-refractivity contribution >= 4 is 14.8 Å². The van der Waals surface area contributed by atoms with Crippen LogP contribution in [0.25, 0.3) is 0 Å². The van der Waals surface area contributed by atoms with Crippen molar-refractivity contribution in [3.8, 4) is 0 Å². The van der Waals surface area contributed by atoms with Gasteiger partial charge in [0.15, 0.2) is 0 Å². The number of carbonyl (C=O) groups is 1. The normalized spacial score (nSPS) is 10.8. The lowest BCUT2D eigenvalue weighted by atomic mass is 10.1. The third-order valence-corrected chi connectivity index (χ3v) is 4.39. The van der Waals surface area contributed by atoms with Crippen molar-refractivity contribution in [3.63, 3.8) is 0 Å². The quantitative estimate of drug-likeness (QED) is 0.311. The zero-order valence-electron chi connectivity index (χ0n) is 11.9. The SMILES string of the molecule is COC(=O)CCCCCCCCCC[Si](C)C. The van der Waals surface area contributed by atoms with E-state index in [1.807, 2.05) is 0 Å². The number of methoxy groups -OCH3 is 1. The summed E-state index contributed by atoms with van der Waals surface area (Å²) in [6.45, 7) is 4.79. The van der Waals surface area contributed by atoms with Crippen molar-refractivity contribution in [2.75, 3.05) is 7.11 Å². The van der Waals surface area contributed by atoms with Gasteiger partial charge in [-0.25, -0.2) is 0 Å². The van der Waals surface area contributed by atoms with Crippen LogP contribution in [0.5, 0.6) is 0 Å². The summed E-state index contributed by atoms with van der Waals surface area (Å²) in [5.41, 5.74) is 0. The molecule has 0 amide bonds. The molecule has 0 aliphatic heterocycles. The van der Waals surface area contributed by atoms with Gasteiger partial charge in [0, 0.05) is 15.2 Å². The van der Waals surface area contributed by atoms with Crippen LogP contribution < -0.4 is 0 Å². The molecule has 0 saturated carbocycles. The molecule has 0 spiro atoms. The van der Waals surface area contributed by atoms with E-state index >= 15 is 0 Å². The zero-order valence-corrected chi connectivity index (χ0v) is 12.9. The van der Waals surface area contributed by atoms with E-state index < -0.39 is 0 Å². The van der Waals surface area contributed by atoms with Gasteiger partial charge >= 0.3 is 5.97 Å². The highest BCUT2D eigenvalue weighted by Gasteiger charge is 1.99. The molecule has 0 rings (SSSR count). The highest BCUT2D eigenvalue weighted by Crippen LogP contribution is 2.11. The van der Waals surface area contributed by atoms with E-state index in [2.05, 4.69) is 17.8 Å². The fourth-order valence-corrected chi connectivity index (χ4v) is 2.87. The van der Waals surface area contributed by atoms with Gasteiger partial charge in [-0.05, 0) is 6.42 Å². The van der Waals surface area contributed by atoms with Crippen LogP contribution in [0.15, 0.2) is 0 Å². The summed E-state index contributed by atoms with van der Waals surface area (Å²) < 4.78 is 4.60. The number of ether oxygens (including phenoxy) is 1. The van der Waals surface area contributed by atoms with E-state index in [1.54, 1.807) is 0 Å². The Morgan fingerprint density at radius 3 is 1.82 bits per heavy atom. The third kappa shape index (κ3) is 13.6. The van der Waals surface area contributed by atoms with Crippen molar-refractivity contribution < 1.29 is 9.53 Å². The number of unbranched alkanes of at least 4 members (excludes halogenated alkanes) is 7. The lowest BCUT2D eigenvalue weighted by molar-refractivity contribution is -0.140. The van der Waals surface area contributed by atoms with Gasteiger partial charge in [-0.3, -0.25) is 4.79 Å². The number of rotatable bonds is 11. The highest BCUT2D eigenvalue weighted by atomic mass is 28.3. The minimum absolute atomic E-state index is 0.00674. The van der Waals surface area contributed by atoms with E-state index in [0.29, 0.717) is 6.42 Å². The molecule has 0 aromatic carbocycles. The van der Waals surface area contributed by atoms with Crippen molar-refractivity contribution in [1.29, 1.82) is 0 Å². The summed E-state index contributed by atoms with van der Waals surface area (Å²) in [6.07, 6.45) is 11.0. The van der Waals surface area contributed by atoms with E-state index in [9.17, 15) is 4.79 Å². The van der Waals surface area contributed by atoms with Gasteiger partial charge in [0.25, 0.3) is 0 Å². The number of esters is 1. The Kier molecular flexibility index (Phi) is 11.9. The van der Waals surface area contributed by atoms with Crippen LogP contribution in [0, 0.1) is 0 Å². The molecule has 3 heteroatoms. The molecule has 0 N–H and O–H groups in total. The fraction of sp³-hybridized carbons (Fsp3) is 0.929. The third-order valence-electron chi connectivity index (χ3n) is 3.04. The average molecular weight is 257 g/mol. The van der Waals surface area contributed by atoms with Gasteiger partial charge in [-0.1, -0.05) is 64.1 Å². The lowest BCUT2D eigenvalue weighted by Gasteiger charge is -2.03. The predicted octanol–water partition coefficient (Wildman–Crippen LogP) is 4.42. The number of carbonyl (C=O) groups excluding carboxylic acids is 1. The Bertz CT molecular complexity index is 181. The van der Waals surface area contributed by atoms with Gasteiger partial charge in [-0.15, -0.1) is 0 Å². The molecule has 101 valence electrons. The zero-order chi connectivity index (χ0) is 12.9. The van der Waals surface area contributed by atoms with Gasteiger partial charge in [-0.2, -0.15) is 0 Å². The summed E-state index contributed by atoms with van der Waals surface area (Å²) >= 11 is 0. The number of hydrogen-bond donors (Lipinski definition) is 0. The Labute approximate surface area is 109 Å². The van der Waals surface area contributed by atoms with Crippen molar-refractivity contribution in [1.82, 2.24) is 0 Å². The first-order valence-corrected chi connectivity index (χ1v) is 9.73. The first-order chi connectivity index (χ1) is 8.16. The first kappa shape index (κ1) is 16.7. The molecule has 0 aliphatic carbocycles. The van der Waals surface area contributed by atoms with Crippen molar-refractivity contribution in [2.24, 2.45) is 0 Å². The molecule has 0 unspecified atom stereocenters. The molecule has 0 saturated heterocycles. The molecule has 0 fully saturated rings. The second kappa shape index (κ2) is 12.2. The maximum absolute atomic E-state index is 10.9. The summed E-state index contributed by atoms with van der Waals surface area (Å²) in [7, 11) is 1.47. The Balaban J connectivity index is 3.01. The Morgan fingerprint density at radius 2 is 1.35 bits per heavy atom. The van der Waals surface area contributed by atoms with Gasteiger partial charge in [0.05, 0.1) is 7.11 Å². The minimum Gasteiger partial charge on any atom is -0.469 e. The van der Waals surface area contributed by atoms with E-state index in [1.165, 1.54) is 58.1 Å². The second-order valence-corrected chi connectivity index (χ2v) is 8.03. The van der Waals surface area contributed by atoms with Crippen molar-refractivity contribution in [2.45, 2.75) is 76.9 Å². The monoisotopic (exact) mass is 257 g/mol. The molecule has 0 aromatic rings. The maximum atomic E-state index is 10.9. The molecule has 0 aliphatic rings. The second-order valence-electron chi connectivity index (χ2n) is 5.11. The Morgan fingerprint density at radius 1 is 0.882 bits per heavy atom. The summed E-state index contributed by atoms with van der Waals surface area (Å²) in [5.74, 6) is -0.0678. The molecule has 0 atom stereocenters. The smallest absolute Gasteiger partial charge is 0.305 e. The van der Waals surface area contributed by atoms with Crippen LogP contribution >= 0.6 is 0 Å². The molecule has 0 aromatic heterocycles. The van der Waals surface area contributed by atoms with E-state index in [-0.39, 0.29) is 14.8 Å². The fourth-order valence-electron chi connectivity index (χ4n) is 1.91. The van der Waals surface area contributed by atoms with Gasteiger partial charge < -0.3 is 4.74 Å². The largest absolute Gasteiger partial charge is 0.469 e. The number of hydrogen-bond acceptors (Lipinski definition) is 2. The van der Waals surface area contributed by atoms with Crippen LogP contribution in [-0.2, 0) is 9.53 Å². The molecular formula is C14H29O2Si. The average Bonchev–Trinajstić information content (AvgIpc) is 2.30. The van der Waals surface area contributed by atoms with E-state index in [0.717, 1.165) is 6.42 Å². The Hall–Kier alpha value is -0.313. The lowest BCUT2D eigenvalue weighted by Crippen LogP contribution is -1.99. The highest BCUT2D eigenvalue weighted by molar-refractivity contribution is 6.55. The standard InChI is InChI=1S/C14H29O2Si/c1-16-14(15)12-10-8-6-4-5-7-9-11-13-17(2)3/h4-13H2,1-3H3. The molecular weight excluding hydrogens is 228 g/mol. The molecule has 2 nitrogen and oxygen atoms in total. The van der Waals surface area contributed by atoms with Gasteiger partial charge in [0.2, 0.25) is 0 Å². The molecule has 0 heterocycles. The van der Waals surface area contributed by atoms with Crippen LogP contribution in [0.2, 0.25) is 19.1 Å². The topological polar surface area (TPSA) is 26.3 Å². The molecule has 17 heavy (non-hydrogen) atoms. The minimum atomic E-state index is -0.0678. The summed E-state index contributed by atoms with van der Waals surface area (Å²) in [5, 5.41) is 0. The van der Waals surface area contributed by atoms with E-state index in [4.69, 9.17) is 0 Å². The van der Waals surface area contributed by atoms with Crippen LogP contribution in [0.1, 0.15) is 57.8 Å². The van der Waals surface area contributed by atoms with Crippen LogP contribution in [0.4, 0.5) is 0 Å². The summed E-state index contributed by atoms with van der Waals surface area (Å²) in [4.78, 5) is 10.9. The maximum Gasteiger partial charge on any atom is 0.305 e. The first-order valence-electron chi connectivity index (χ1n) is 7.02. The molecule has 1 radical (unpaired) electrons. The van der Waals surface area contributed by atoms with Crippen LogP contribution in [0.3, 0.4) is 0 Å². The van der Waals surface area contributed by atoms with Crippen LogP contribution in [-0.4, -0.2) is 21.9 Å².